The van der Waals surface area contributed by atoms with Crippen molar-refractivity contribution < 1.29 is 5.11 Å². The van der Waals surface area contributed by atoms with Crippen molar-refractivity contribution in [1.29, 1.82) is 0 Å². The van der Waals surface area contributed by atoms with Gasteiger partial charge >= 0.3 is 0 Å². The predicted octanol–water partition coefficient (Wildman–Crippen LogP) is 3.54. The van der Waals surface area contributed by atoms with Crippen LogP contribution < -0.4 is 0 Å². The molecule has 0 amide bonds. The molecule has 1 aromatic carbocycles. The quantitative estimate of drug-likeness (QED) is 0.858. The van der Waals surface area contributed by atoms with Crippen molar-refractivity contribution in [1.82, 2.24) is 4.98 Å². The van der Waals surface area contributed by atoms with Crippen LogP contribution in [0.5, 0.6) is 0 Å². The van der Waals surface area contributed by atoms with Gasteiger partial charge in [0, 0.05) is 9.77 Å². The highest BCUT2D eigenvalue weighted by atomic mass is 32.2. The van der Waals surface area contributed by atoms with Gasteiger partial charge in [0.2, 0.25) is 0 Å². The van der Waals surface area contributed by atoms with Crippen molar-refractivity contribution in [2.24, 2.45) is 0 Å². The molecular weight excluding hydrogens is 250 g/mol. The summed E-state index contributed by atoms with van der Waals surface area (Å²) in [6, 6.07) is 8.01. The van der Waals surface area contributed by atoms with Crippen LogP contribution in [0.15, 0.2) is 29.2 Å². The first-order valence-corrected chi connectivity index (χ1v) is 7.25. The molecule has 90 valence electrons. The molecular formula is C13H15NOS2. The standard InChI is InChI=1S/C13H15NOS2/c1-9-10(2)17-13(14-9)8-16-12-5-3-11(7-15)4-6-12/h3-6,15H,7-8H2,1-2H3. The molecule has 0 saturated heterocycles. The number of aryl methyl sites for hydroxylation is 2. The van der Waals surface area contributed by atoms with Crippen LogP contribution in [0.1, 0.15) is 21.1 Å². The highest BCUT2D eigenvalue weighted by Crippen LogP contribution is 2.26. The Bertz CT molecular complexity index is 471. The molecule has 4 heteroatoms. The minimum atomic E-state index is 0.107. The van der Waals surface area contributed by atoms with Crippen LogP contribution in [-0.4, -0.2) is 10.1 Å². The molecule has 0 unspecified atom stereocenters. The zero-order valence-electron chi connectivity index (χ0n) is 9.93. The minimum absolute atomic E-state index is 0.107. The van der Waals surface area contributed by atoms with Gasteiger partial charge in [-0.3, -0.25) is 0 Å². The summed E-state index contributed by atoms with van der Waals surface area (Å²) in [4.78, 5) is 7.03. The lowest BCUT2D eigenvalue weighted by Gasteiger charge is -2.00. The van der Waals surface area contributed by atoms with Gasteiger partial charge < -0.3 is 5.11 Å². The molecule has 1 N–H and O–H groups in total. The van der Waals surface area contributed by atoms with Crippen molar-refractivity contribution in [3.05, 3.63) is 45.4 Å². The van der Waals surface area contributed by atoms with E-state index in [-0.39, 0.29) is 6.61 Å². The van der Waals surface area contributed by atoms with Gasteiger partial charge in [0.25, 0.3) is 0 Å². The number of benzene rings is 1. The molecule has 0 aliphatic rings. The number of thiazole rings is 1. The van der Waals surface area contributed by atoms with E-state index in [1.54, 1.807) is 23.1 Å². The Morgan fingerprint density at radius 1 is 1.24 bits per heavy atom. The summed E-state index contributed by atoms with van der Waals surface area (Å²) in [6.45, 7) is 4.27. The first kappa shape index (κ1) is 12.6. The third kappa shape index (κ3) is 3.31. The van der Waals surface area contributed by atoms with Gasteiger partial charge in [-0.2, -0.15) is 0 Å². The van der Waals surface area contributed by atoms with Crippen LogP contribution in [0.25, 0.3) is 0 Å². The molecule has 0 bridgehead atoms. The van der Waals surface area contributed by atoms with Gasteiger partial charge in [-0.25, -0.2) is 4.98 Å². The van der Waals surface area contributed by atoms with Crippen LogP contribution in [-0.2, 0) is 12.4 Å². The molecule has 0 radical (unpaired) electrons. The monoisotopic (exact) mass is 265 g/mol. The largest absolute Gasteiger partial charge is 0.392 e. The zero-order chi connectivity index (χ0) is 12.3. The van der Waals surface area contributed by atoms with E-state index in [0.717, 1.165) is 17.0 Å². The predicted molar refractivity (Wildman–Crippen MR) is 73.5 cm³/mol. The van der Waals surface area contributed by atoms with E-state index < -0.39 is 0 Å². The van der Waals surface area contributed by atoms with Crippen molar-refractivity contribution in [3.8, 4) is 0 Å². The van der Waals surface area contributed by atoms with E-state index >= 15 is 0 Å². The number of thioether (sulfide) groups is 1. The molecule has 2 nitrogen and oxygen atoms in total. The first-order valence-electron chi connectivity index (χ1n) is 5.44. The molecule has 2 rings (SSSR count). The number of aliphatic hydroxyl groups is 1. The second kappa shape index (κ2) is 5.67. The Balaban J connectivity index is 1.97. The van der Waals surface area contributed by atoms with E-state index in [1.165, 1.54) is 14.8 Å². The molecule has 0 atom stereocenters. The normalized spacial score (nSPS) is 10.8. The topological polar surface area (TPSA) is 33.1 Å². The van der Waals surface area contributed by atoms with E-state index in [4.69, 9.17) is 5.11 Å². The van der Waals surface area contributed by atoms with Gasteiger partial charge in [-0.05, 0) is 31.5 Å². The number of aromatic nitrogens is 1. The van der Waals surface area contributed by atoms with Crippen molar-refractivity contribution >= 4 is 23.1 Å². The maximum atomic E-state index is 8.95. The fraction of sp³-hybridized carbons (Fsp3) is 0.308. The Hall–Kier alpha value is -0.840. The lowest BCUT2D eigenvalue weighted by Crippen LogP contribution is -1.83. The SMILES string of the molecule is Cc1nc(CSc2ccc(CO)cc2)sc1C. The van der Waals surface area contributed by atoms with E-state index in [0.29, 0.717) is 0 Å². The van der Waals surface area contributed by atoms with Gasteiger partial charge in [0.05, 0.1) is 18.1 Å². The third-order valence-corrected chi connectivity index (χ3v) is 4.82. The Kier molecular flexibility index (Phi) is 4.20. The lowest BCUT2D eigenvalue weighted by atomic mass is 10.2. The molecule has 0 aliphatic carbocycles. The number of aliphatic hydroxyl groups excluding tert-OH is 1. The maximum absolute atomic E-state index is 8.95. The molecule has 0 fully saturated rings. The number of hydrogen-bond acceptors (Lipinski definition) is 4. The summed E-state index contributed by atoms with van der Waals surface area (Å²) in [5.41, 5.74) is 2.09. The fourth-order valence-electron chi connectivity index (χ4n) is 1.44. The Morgan fingerprint density at radius 3 is 2.47 bits per heavy atom. The van der Waals surface area contributed by atoms with Gasteiger partial charge in [-0.1, -0.05) is 12.1 Å². The summed E-state index contributed by atoms with van der Waals surface area (Å²) < 4.78 is 0. The molecule has 1 aromatic heterocycles. The smallest absolute Gasteiger partial charge is 0.103 e. The number of rotatable bonds is 4. The fourth-order valence-corrected chi connectivity index (χ4v) is 3.26. The number of nitrogens with zero attached hydrogens (tertiary/aromatic N) is 1. The molecule has 1 heterocycles. The highest BCUT2D eigenvalue weighted by Gasteiger charge is 2.04. The average molecular weight is 265 g/mol. The van der Waals surface area contributed by atoms with Gasteiger partial charge in [0.15, 0.2) is 0 Å². The highest BCUT2D eigenvalue weighted by molar-refractivity contribution is 7.98. The summed E-state index contributed by atoms with van der Waals surface area (Å²) in [6.07, 6.45) is 0. The van der Waals surface area contributed by atoms with E-state index in [9.17, 15) is 0 Å². The third-order valence-electron chi connectivity index (χ3n) is 2.54. The van der Waals surface area contributed by atoms with E-state index in [2.05, 4.69) is 18.8 Å². The Morgan fingerprint density at radius 2 is 1.94 bits per heavy atom. The van der Waals surface area contributed by atoms with Crippen LogP contribution in [0.4, 0.5) is 0 Å². The molecule has 0 aliphatic heterocycles. The van der Waals surface area contributed by atoms with Crippen molar-refractivity contribution in [3.63, 3.8) is 0 Å². The second-order valence-corrected chi connectivity index (χ2v) is 6.18. The minimum Gasteiger partial charge on any atom is -0.392 e. The van der Waals surface area contributed by atoms with Crippen LogP contribution in [0, 0.1) is 13.8 Å². The summed E-state index contributed by atoms with van der Waals surface area (Å²) in [5.74, 6) is 0.915. The lowest BCUT2D eigenvalue weighted by molar-refractivity contribution is 0.282. The molecule has 0 saturated carbocycles. The number of hydrogen-bond donors (Lipinski definition) is 1. The molecule has 17 heavy (non-hydrogen) atoms. The van der Waals surface area contributed by atoms with E-state index in [1.807, 2.05) is 24.3 Å². The van der Waals surface area contributed by atoms with Crippen LogP contribution in [0.2, 0.25) is 0 Å². The average Bonchev–Trinajstić information content (AvgIpc) is 2.67. The summed E-state index contributed by atoms with van der Waals surface area (Å²) >= 11 is 3.55. The summed E-state index contributed by atoms with van der Waals surface area (Å²) in [5, 5.41) is 10.1. The second-order valence-electron chi connectivity index (χ2n) is 3.84. The molecule has 2 aromatic rings. The van der Waals surface area contributed by atoms with Gasteiger partial charge in [-0.15, -0.1) is 23.1 Å². The van der Waals surface area contributed by atoms with Crippen LogP contribution >= 0.6 is 23.1 Å². The summed E-state index contributed by atoms with van der Waals surface area (Å²) in [7, 11) is 0. The van der Waals surface area contributed by atoms with Crippen LogP contribution in [0.3, 0.4) is 0 Å². The van der Waals surface area contributed by atoms with Gasteiger partial charge in [0.1, 0.15) is 5.01 Å². The van der Waals surface area contributed by atoms with Crippen molar-refractivity contribution in [2.45, 2.75) is 31.1 Å². The maximum Gasteiger partial charge on any atom is 0.103 e. The first-order chi connectivity index (χ1) is 8.19. The Labute approximate surface area is 110 Å². The van der Waals surface area contributed by atoms with Crippen molar-refractivity contribution in [2.75, 3.05) is 0 Å². The molecule has 0 spiro atoms. The zero-order valence-corrected chi connectivity index (χ0v) is 11.6.